The maximum Gasteiger partial charge on any atom is 0.317 e. The van der Waals surface area contributed by atoms with Crippen molar-refractivity contribution in [2.75, 3.05) is 38.2 Å². The fourth-order valence-corrected chi connectivity index (χ4v) is 4.24. The lowest BCUT2D eigenvalue weighted by atomic mass is 10.1. The SMILES string of the molecule is COc1ccc(Sc2ccccc2N2CCN(CC(=O)O)CC2C)cc1. The molecule has 0 amide bonds. The van der Waals surface area contributed by atoms with Crippen LogP contribution in [0.3, 0.4) is 0 Å². The number of benzene rings is 2. The van der Waals surface area contributed by atoms with Gasteiger partial charge in [-0.3, -0.25) is 9.69 Å². The quantitative estimate of drug-likeness (QED) is 0.838. The number of hydrogen-bond acceptors (Lipinski definition) is 5. The molecular weight excluding hydrogens is 348 g/mol. The van der Waals surface area contributed by atoms with Gasteiger partial charge in [0.05, 0.1) is 19.3 Å². The Kier molecular flexibility index (Phi) is 6.06. The summed E-state index contributed by atoms with van der Waals surface area (Å²) in [4.78, 5) is 17.7. The van der Waals surface area contributed by atoms with Crippen molar-refractivity contribution in [2.24, 2.45) is 0 Å². The molecule has 0 spiro atoms. The van der Waals surface area contributed by atoms with Crippen LogP contribution in [0.15, 0.2) is 58.3 Å². The summed E-state index contributed by atoms with van der Waals surface area (Å²) in [5.74, 6) is 0.0897. The molecule has 1 heterocycles. The van der Waals surface area contributed by atoms with E-state index in [4.69, 9.17) is 9.84 Å². The van der Waals surface area contributed by atoms with E-state index in [2.05, 4.69) is 48.2 Å². The number of carboxylic acids is 1. The van der Waals surface area contributed by atoms with Crippen molar-refractivity contribution in [2.45, 2.75) is 22.8 Å². The highest BCUT2D eigenvalue weighted by molar-refractivity contribution is 7.99. The molecule has 3 rings (SSSR count). The molecule has 2 aromatic carbocycles. The van der Waals surface area contributed by atoms with Crippen LogP contribution in [0.2, 0.25) is 0 Å². The summed E-state index contributed by atoms with van der Waals surface area (Å²) in [6.07, 6.45) is 0. The van der Waals surface area contributed by atoms with Crippen molar-refractivity contribution in [1.82, 2.24) is 4.90 Å². The third kappa shape index (κ3) is 4.51. The Morgan fingerprint density at radius 1 is 1.19 bits per heavy atom. The summed E-state index contributed by atoms with van der Waals surface area (Å²) in [6.45, 7) is 4.61. The third-order valence-corrected chi connectivity index (χ3v) is 5.61. The van der Waals surface area contributed by atoms with Gasteiger partial charge in [0.15, 0.2) is 0 Å². The lowest BCUT2D eigenvalue weighted by Gasteiger charge is -2.41. The lowest BCUT2D eigenvalue weighted by Crippen LogP contribution is -2.53. The topological polar surface area (TPSA) is 53.0 Å². The highest BCUT2D eigenvalue weighted by atomic mass is 32.2. The molecule has 1 atom stereocenters. The number of aliphatic carboxylic acids is 1. The van der Waals surface area contributed by atoms with Crippen LogP contribution in [-0.2, 0) is 4.79 Å². The molecule has 1 fully saturated rings. The van der Waals surface area contributed by atoms with E-state index in [0.29, 0.717) is 0 Å². The van der Waals surface area contributed by atoms with Gasteiger partial charge in [-0.05, 0) is 43.3 Å². The van der Waals surface area contributed by atoms with Crippen molar-refractivity contribution < 1.29 is 14.6 Å². The Morgan fingerprint density at radius 2 is 1.92 bits per heavy atom. The van der Waals surface area contributed by atoms with Gasteiger partial charge in [0.1, 0.15) is 5.75 Å². The number of carbonyl (C=O) groups is 1. The second kappa shape index (κ2) is 8.47. The number of nitrogens with zero attached hydrogens (tertiary/aromatic N) is 2. The van der Waals surface area contributed by atoms with Crippen LogP contribution in [0.25, 0.3) is 0 Å². The molecule has 2 aromatic rings. The first kappa shape index (κ1) is 18.6. The van der Waals surface area contributed by atoms with Crippen LogP contribution < -0.4 is 9.64 Å². The van der Waals surface area contributed by atoms with Crippen LogP contribution >= 0.6 is 11.8 Å². The van der Waals surface area contributed by atoms with E-state index in [1.54, 1.807) is 18.9 Å². The monoisotopic (exact) mass is 372 g/mol. The molecule has 1 unspecified atom stereocenters. The molecule has 0 radical (unpaired) electrons. The summed E-state index contributed by atoms with van der Waals surface area (Å²) in [5, 5.41) is 9.01. The standard InChI is InChI=1S/C20H24N2O3S/c1-15-13-21(14-20(23)24)11-12-22(15)18-5-3-4-6-19(18)26-17-9-7-16(25-2)8-10-17/h3-10,15H,11-14H2,1-2H3,(H,23,24). The first-order chi connectivity index (χ1) is 12.6. The highest BCUT2D eigenvalue weighted by Gasteiger charge is 2.26. The molecule has 1 saturated heterocycles. The molecule has 26 heavy (non-hydrogen) atoms. The number of anilines is 1. The molecule has 1 N–H and O–H groups in total. The summed E-state index contributed by atoms with van der Waals surface area (Å²) < 4.78 is 5.23. The lowest BCUT2D eigenvalue weighted by molar-refractivity contribution is -0.138. The van der Waals surface area contributed by atoms with Crippen LogP contribution in [0, 0.1) is 0 Å². The zero-order valence-electron chi connectivity index (χ0n) is 15.1. The maximum absolute atomic E-state index is 11.0. The van der Waals surface area contributed by atoms with Crippen molar-refractivity contribution >= 4 is 23.4 Å². The summed E-state index contributed by atoms with van der Waals surface area (Å²) >= 11 is 1.74. The average Bonchev–Trinajstić information content (AvgIpc) is 2.63. The molecule has 0 saturated carbocycles. The summed E-state index contributed by atoms with van der Waals surface area (Å²) in [5.41, 5.74) is 1.20. The second-order valence-electron chi connectivity index (χ2n) is 6.42. The van der Waals surface area contributed by atoms with E-state index >= 15 is 0 Å². The summed E-state index contributed by atoms with van der Waals surface area (Å²) in [6, 6.07) is 16.7. The van der Waals surface area contributed by atoms with E-state index in [1.807, 2.05) is 17.0 Å². The van der Waals surface area contributed by atoms with E-state index in [-0.39, 0.29) is 12.6 Å². The Morgan fingerprint density at radius 3 is 2.58 bits per heavy atom. The van der Waals surface area contributed by atoms with Crippen LogP contribution in [-0.4, -0.2) is 55.3 Å². The Labute approximate surface area is 158 Å². The van der Waals surface area contributed by atoms with Crippen LogP contribution in [0.1, 0.15) is 6.92 Å². The van der Waals surface area contributed by atoms with Gasteiger partial charge >= 0.3 is 5.97 Å². The normalized spacial score (nSPS) is 17.9. The highest BCUT2D eigenvalue weighted by Crippen LogP contribution is 2.37. The molecular formula is C20H24N2O3S. The van der Waals surface area contributed by atoms with Gasteiger partial charge in [0, 0.05) is 35.5 Å². The van der Waals surface area contributed by atoms with Gasteiger partial charge in [-0.2, -0.15) is 0 Å². The van der Waals surface area contributed by atoms with Gasteiger partial charge < -0.3 is 14.7 Å². The van der Waals surface area contributed by atoms with Gasteiger partial charge in [0.2, 0.25) is 0 Å². The molecule has 0 aliphatic carbocycles. The third-order valence-electron chi connectivity index (χ3n) is 4.53. The van der Waals surface area contributed by atoms with E-state index in [1.165, 1.54) is 10.6 Å². The number of ether oxygens (including phenoxy) is 1. The van der Waals surface area contributed by atoms with E-state index < -0.39 is 5.97 Å². The minimum absolute atomic E-state index is 0.112. The number of hydrogen-bond donors (Lipinski definition) is 1. The smallest absolute Gasteiger partial charge is 0.317 e. The number of piperazine rings is 1. The number of methoxy groups -OCH3 is 1. The largest absolute Gasteiger partial charge is 0.497 e. The van der Waals surface area contributed by atoms with Crippen LogP contribution in [0.5, 0.6) is 5.75 Å². The molecule has 138 valence electrons. The Bertz CT molecular complexity index is 751. The minimum atomic E-state index is -0.763. The Balaban J connectivity index is 1.75. The zero-order chi connectivity index (χ0) is 18.5. The first-order valence-corrected chi connectivity index (χ1v) is 9.50. The Hall–Kier alpha value is -2.18. The molecule has 5 nitrogen and oxygen atoms in total. The number of carboxylic acid groups (broad SMARTS) is 1. The number of rotatable bonds is 6. The van der Waals surface area contributed by atoms with Crippen molar-refractivity contribution in [3.8, 4) is 5.75 Å². The van der Waals surface area contributed by atoms with Gasteiger partial charge in [-0.15, -0.1) is 0 Å². The average molecular weight is 372 g/mol. The van der Waals surface area contributed by atoms with Crippen LogP contribution in [0.4, 0.5) is 5.69 Å². The minimum Gasteiger partial charge on any atom is -0.497 e. The second-order valence-corrected chi connectivity index (χ2v) is 7.53. The predicted octanol–water partition coefficient (Wildman–Crippen LogP) is 3.44. The van der Waals surface area contributed by atoms with Gasteiger partial charge in [0.25, 0.3) is 0 Å². The molecule has 0 bridgehead atoms. The molecule has 1 aliphatic heterocycles. The maximum atomic E-state index is 11.0. The number of para-hydroxylation sites is 1. The molecule has 6 heteroatoms. The van der Waals surface area contributed by atoms with Crippen molar-refractivity contribution in [3.63, 3.8) is 0 Å². The summed E-state index contributed by atoms with van der Waals surface area (Å²) in [7, 11) is 1.67. The van der Waals surface area contributed by atoms with Crippen molar-refractivity contribution in [1.29, 1.82) is 0 Å². The first-order valence-electron chi connectivity index (χ1n) is 8.68. The fourth-order valence-electron chi connectivity index (χ4n) is 3.28. The van der Waals surface area contributed by atoms with Gasteiger partial charge in [-0.1, -0.05) is 23.9 Å². The van der Waals surface area contributed by atoms with Crippen molar-refractivity contribution in [3.05, 3.63) is 48.5 Å². The van der Waals surface area contributed by atoms with E-state index in [9.17, 15) is 4.79 Å². The van der Waals surface area contributed by atoms with E-state index in [0.717, 1.165) is 30.3 Å². The van der Waals surface area contributed by atoms with Gasteiger partial charge in [-0.25, -0.2) is 0 Å². The predicted molar refractivity (Wildman–Crippen MR) is 104 cm³/mol. The molecule has 0 aromatic heterocycles. The fraction of sp³-hybridized carbons (Fsp3) is 0.350. The zero-order valence-corrected chi connectivity index (χ0v) is 15.9. The molecule has 1 aliphatic rings.